The molecule has 2 fully saturated rings. The average Bonchev–Trinajstić information content (AvgIpc) is 3.20. The van der Waals surface area contributed by atoms with E-state index in [0.29, 0.717) is 5.92 Å². The van der Waals surface area contributed by atoms with Gasteiger partial charge in [0.1, 0.15) is 12.1 Å². The molecule has 2 aliphatic heterocycles. The summed E-state index contributed by atoms with van der Waals surface area (Å²) < 4.78 is 7.46. The molecule has 0 unspecified atom stereocenters. The van der Waals surface area contributed by atoms with E-state index in [1.807, 2.05) is 17.9 Å². The molecular formula is C20H26N8OS. The first kappa shape index (κ1) is 19.5. The van der Waals surface area contributed by atoms with Crippen LogP contribution in [0, 0.1) is 0 Å². The molecule has 0 amide bonds. The van der Waals surface area contributed by atoms with E-state index >= 15 is 0 Å². The van der Waals surface area contributed by atoms with Gasteiger partial charge < -0.3 is 19.1 Å². The highest BCUT2D eigenvalue weighted by molar-refractivity contribution is 7.98. The quantitative estimate of drug-likeness (QED) is 0.460. The number of hydrogen-bond acceptors (Lipinski definition) is 9. The minimum absolute atomic E-state index is 0.464. The Morgan fingerprint density at radius 3 is 2.53 bits per heavy atom. The normalized spacial score (nSPS) is 18.3. The first-order valence-electron chi connectivity index (χ1n) is 10.4. The molecule has 0 aromatic carbocycles. The number of aryl methyl sites for hydroxylation is 1. The zero-order valence-electron chi connectivity index (χ0n) is 17.4. The molecule has 2 aliphatic rings. The Morgan fingerprint density at radius 1 is 1.00 bits per heavy atom. The molecule has 5 rings (SSSR count). The van der Waals surface area contributed by atoms with Crippen LogP contribution in [0.5, 0.6) is 0 Å². The minimum Gasteiger partial charge on any atom is -0.381 e. The second-order valence-electron chi connectivity index (χ2n) is 7.72. The lowest BCUT2D eigenvalue weighted by molar-refractivity contribution is 0.0843. The zero-order chi connectivity index (χ0) is 20.5. The molecule has 2 saturated heterocycles. The smallest absolute Gasteiger partial charge is 0.189 e. The Balaban J connectivity index is 1.35. The number of hydrogen-bond donors (Lipinski definition) is 0. The van der Waals surface area contributed by atoms with Crippen LogP contribution in [0.1, 0.15) is 24.5 Å². The molecule has 9 nitrogen and oxygen atoms in total. The molecule has 158 valence electrons. The van der Waals surface area contributed by atoms with Crippen LogP contribution in [0.4, 0.5) is 11.6 Å². The Bertz CT molecular complexity index is 1030. The standard InChI is InChI=1S/C20H26N8OS/c1-26-13-23-17-18(26)21-12-22-19(17)28-7-5-27(6-8-28)16-11-15(24-20(25-16)30-2)14-3-9-29-10-4-14/h11-14H,3-10H2,1-2H3. The minimum atomic E-state index is 0.464. The summed E-state index contributed by atoms with van der Waals surface area (Å²) in [4.78, 5) is 27.6. The van der Waals surface area contributed by atoms with Gasteiger partial charge in [0.25, 0.3) is 0 Å². The van der Waals surface area contributed by atoms with E-state index in [2.05, 4.69) is 30.8 Å². The summed E-state index contributed by atoms with van der Waals surface area (Å²) in [5.74, 6) is 2.41. The van der Waals surface area contributed by atoms with E-state index in [1.54, 1.807) is 24.4 Å². The highest BCUT2D eigenvalue weighted by atomic mass is 32.2. The third-order valence-electron chi connectivity index (χ3n) is 5.92. The van der Waals surface area contributed by atoms with Crippen molar-refractivity contribution >= 4 is 34.6 Å². The summed E-state index contributed by atoms with van der Waals surface area (Å²) >= 11 is 1.61. The van der Waals surface area contributed by atoms with Gasteiger partial charge in [-0.05, 0) is 19.1 Å². The number of aromatic nitrogens is 6. The number of piperazine rings is 1. The van der Waals surface area contributed by atoms with Crippen LogP contribution in [0.25, 0.3) is 11.2 Å². The van der Waals surface area contributed by atoms with Crippen molar-refractivity contribution < 1.29 is 4.74 Å². The Hall–Kier alpha value is -2.46. The van der Waals surface area contributed by atoms with Gasteiger partial charge in [-0.2, -0.15) is 0 Å². The molecule has 0 aliphatic carbocycles. The van der Waals surface area contributed by atoms with Crippen molar-refractivity contribution in [2.75, 3.05) is 55.4 Å². The number of nitrogens with zero attached hydrogens (tertiary/aromatic N) is 8. The van der Waals surface area contributed by atoms with Gasteiger partial charge in [0.2, 0.25) is 0 Å². The third kappa shape index (κ3) is 3.69. The van der Waals surface area contributed by atoms with Gasteiger partial charge in [-0.25, -0.2) is 24.9 Å². The monoisotopic (exact) mass is 426 g/mol. The van der Waals surface area contributed by atoms with E-state index in [-0.39, 0.29) is 0 Å². The van der Waals surface area contributed by atoms with Gasteiger partial charge in [0, 0.05) is 58.4 Å². The summed E-state index contributed by atoms with van der Waals surface area (Å²) in [6.45, 7) is 5.14. The molecule has 0 saturated carbocycles. The Labute approximate surface area is 179 Å². The second kappa shape index (κ2) is 8.35. The first-order valence-corrected chi connectivity index (χ1v) is 11.6. The van der Waals surface area contributed by atoms with Crippen LogP contribution >= 0.6 is 11.8 Å². The lowest BCUT2D eigenvalue weighted by Crippen LogP contribution is -2.47. The molecule has 0 spiro atoms. The maximum Gasteiger partial charge on any atom is 0.189 e. The molecule has 0 bridgehead atoms. The summed E-state index contributed by atoms with van der Waals surface area (Å²) in [7, 11) is 1.96. The van der Waals surface area contributed by atoms with Crippen molar-refractivity contribution in [3.8, 4) is 0 Å². The van der Waals surface area contributed by atoms with Crippen molar-refractivity contribution in [3.05, 3.63) is 24.4 Å². The fourth-order valence-corrected chi connectivity index (χ4v) is 4.58. The zero-order valence-corrected chi connectivity index (χ0v) is 18.2. The van der Waals surface area contributed by atoms with Crippen LogP contribution in [0.3, 0.4) is 0 Å². The highest BCUT2D eigenvalue weighted by Gasteiger charge is 2.24. The number of thioether (sulfide) groups is 1. The second-order valence-corrected chi connectivity index (χ2v) is 8.50. The van der Waals surface area contributed by atoms with Gasteiger partial charge in [0.05, 0.1) is 12.0 Å². The molecule has 30 heavy (non-hydrogen) atoms. The van der Waals surface area contributed by atoms with Gasteiger partial charge in [-0.3, -0.25) is 0 Å². The highest BCUT2D eigenvalue weighted by Crippen LogP contribution is 2.30. The third-order valence-corrected chi connectivity index (χ3v) is 6.46. The molecule has 0 atom stereocenters. The van der Waals surface area contributed by atoms with Crippen molar-refractivity contribution in [2.24, 2.45) is 7.05 Å². The van der Waals surface area contributed by atoms with Crippen molar-refractivity contribution in [1.82, 2.24) is 29.5 Å². The Morgan fingerprint density at radius 2 is 1.77 bits per heavy atom. The fraction of sp³-hybridized carbons (Fsp3) is 0.550. The van der Waals surface area contributed by atoms with E-state index < -0.39 is 0 Å². The van der Waals surface area contributed by atoms with Gasteiger partial charge >= 0.3 is 0 Å². The fourth-order valence-electron chi connectivity index (χ4n) is 4.20. The van der Waals surface area contributed by atoms with Crippen LogP contribution < -0.4 is 9.80 Å². The maximum atomic E-state index is 5.53. The molecule has 3 aromatic rings. The van der Waals surface area contributed by atoms with Gasteiger partial charge in [-0.15, -0.1) is 0 Å². The molecule has 3 aromatic heterocycles. The van der Waals surface area contributed by atoms with Crippen LogP contribution in [-0.2, 0) is 11.8 Å². The van der Waals surface area contributed by atoms with E-state index in [1.165, 1.54) is 0 Å². The number of anilines is 2. The number of rotatable bonds is 4. The summed E-state index contributed by atoms with van der Waals surface area (Å²) in [5, 5.41) is 0.849. The summed E-state index contributed by atoms with van der Waals surface area (Å²) in [5.41, 5.74) is 2.88. The van der Waals surface area contributed by atoms with Crippen LogP contribution in [0.2, 0.25) is 0 Å². The molecular weight excluding hydrogens is 400 g/mol. The van der Waals surface area contributed by atoms with Gasteiger partial charge in [0.15, 0.2) is 22.1 Å². The van der Waals surface area contributed by atoms with Crippen molar-refractivity contribution in [3.63, 3.8) is 0 Å². The van der Waals surface area contributed by atoms with E-state index in [0.717, 1.165) is 85.9 Å². The van der Waals surface area contributed by atoms with Crippen molar-refractivity contribution in [1.29, 1.82) is 0 Å². The molecule has 0 N–H and O–H groups in total. The molecule has 5 heterocycles. The average molecular weight is 427 g/mol. The Kier molecular flexibility index (Phi) is 5.43. The maximum absolute atomic E-state index is 5.53. The summed E-state index contributed by atoms with van der Waals surface area (Å²) in [6.07, 6.45) is 7.53. The predicted molar refractivity (Wildman–Crippen MR) is 117 cm³/mol. The number of fused-ring (bicyclic) bond motifs is 1. The lowest BCUT2D eigenvalue weighted by Gasteiger charge is -2.36. The topological polar surface area (TPSA) is 85.1 Å². The largest absolute Gasteiger partial charge is 0.381 e. The van der Waals surface area contributed by atoms with Crippen LogP contribution in [-0.4, -0.2) is 75.1 Å². The number of imidazole rings is 1. The van der Waals surface area contributed by atoms with Crippen LogP contribution in [0.15, 0.2) is 23.9 Å². The molecule has 0 radical (unpaired) electrons. The molecule has 10 heteroatoms. The lowest BCUT2D eigenvalue weighted by atomic mass is 9.96. The van der Waals surface area contributed by atoms with E-state index in [9.17, 15) is 0 Å². The van der Waals surface area contributed by atoms with E-state index in [4.69, 9.17) is 14.7 Å². The van der Waals surface area contributed by atoms with Gasteiger partial charge in [-0.1, -0.05) is 11.8 Å². The predicted octanol–water partition coefficient (Wildman–Crippen LogP) is 2.10. The summed E-state index contributed by atoms with van der Waals surface area (Å²) in [6, 6.07) is 2.19. The van der Waals surface area contributed by atoms with Crippen molar-refractivity contribution in [2.45, 2.75) is 23.9 Å². The first-order chi connectivity index (χ1) is 14.7. The number of ether oxygens (including phenoxy) is 1. The SMILES string of the molecule is CSc1nc(C2CCOCC2)cc(N2CCN(c3ncnc4c3ncn4C)CC2)n1.